The quantitative estimate of drug-likeness (QED) is 0.792. The Balaban J connectivity index is 1.48. The van der Waals surface area contributed by atoms with E-state index in [1.165, 1.54) is 15.3 Å². The highest BCUT2D eigenvalue weighted by atomic mass is 35.5. The number of hydrogen-bond donors (Lipinski definition) is 1. The van der Waals surface area contributed by atoms with Gasteiger partial charge in [0.1, 0.15) is 17.4 Å². The Bertz CT molecular complexity index is 820. The Kier molecular flexibility index (Phi) is 5.96. The fourth-order valence-corrected chi connectivity index (χ4v) is 5.80. The molecule has 0 spiro atoms. The molecular formula is C16H19ClFN2O3S2+. The van der Waals surface area contributed by atoms with Crippen LogP contribution in [-0.4, -0.2) is 52.1 Å². The van der Waals surface area contributed by atoms with Gasteiger partial charge in [-0.15, -0.1) is 11.3 Å². The van der Waals surface area contributed by atoms with Crippen molar-refractivity contribution in [2.75, 3.05) is 39.3 Å². The van der Waals surface area contributed by atoms with Crippen LogP contribution in [0.15, 0.2) is 40.6 Å². The van der Waals surface area contributed by atoms with Crippen LogP contribution in [0.3, 0.4) is 0 Å². The highest BCUT2D eigenvalue weighted by Gasteiger charge is 2.31. The Morgan fingerprint density at radius 1 is 1.20 bits per heavy atom. The minimum Gasteiger partial charge on any atom is -0.485 e. The molecule has 1 N–H and O–H groups in total. The van der Waals surface area contributed by atoms with E-state index in [0.717, 1.165) is 11.3 Å². The number of sulfonamides is 1. The molecule has 9 heteroatoms. The van der Waals surface area contributed by atoms with Gasteiger partial charge in [-0.1, -0.05) is 23.7 Å². The van der Waals surface area contributed by atoms with Crippen molar-refractivity contribution >= 4 is 33.0 Å². The van der Waals surface area contributed by atoms with Crippen molar-refractivity contribution in [1.82, 2.24) is 4.31 Å². The molecule has 0 atom stereocenters. The van der Waals surface area contributed by atoms with E-state index in [1.54, 1.807) is 30.3 Å². The summed E-state index contributed by atoms with van der Waals surface area (Å²) in [6, 6.07) is 9.45. The summed E-state index contributed by atoms with van der Waals surface area (Å²) in [5.41, 5.74) is 0. The molecular weight excluding hydrogens is 387 g/mol. The van der Waals surface area contributed by atoms with E-state index < -0.39 is 10.0 Å². The number of halogens is 2. The normalized spacial score (nSPS) is 16.9. The van der Waals surface area contributed by atoms with Crippen LogP contribution in [0.2, 0.25) is 4.34 Å². The summed E-state index contributed by atoms with van der Waals surface area (Å²) < 4.78 is 46.3. The number of nitrogens with zero attached hydrogens (tertiary/aromatic N) is 1. The maximum atomic E-state index is 13.5. The maximum absolute atomic E-state index is 13.5. The summed E-state index contributed by atoms with van der Waals surface area (Å²) in [6.07, 6.45) is 0. The van der Waals surface area contributed by atoms with Crippen molar-refractivity contribution in [1.29, 1.82) is 0 Å². The Morgan fingerprint density at radius 3 is 2.56 bits per heavy atom. The highest BCUT2D eigenvalue weighted by Crippen LogP contribution is 2.28. The molecule has 1 aromatic heterocycles. The largest absolute Gasteiger partial charge is 0.485 e. The van der Waals surface area contributed by atoms with Crippen LogP contribution in [-0.2, 0) is 10.0 Å². The zero-order chi connectivity index (χ0) is 17.9. The highest BCUT2D eigenvalue weighted by molar-refractivity contribution is 7.91. The van der Waals surface area contributed by atoms with E-state index in [-0.39, 0.29) is 15.8 Å². The first-order valence-corrected chi connectivity index (χ1v) is 10.6. The lowest BCUT2D eigenvalue weighted by Crippen LogP contribution is -3.15. The third kappa shape index (κ3) is 4.51. The first kappa shape index (κ1) is 18.6. The smallest absolute Gasteiger partial charge is 0.253 e. The Labute approximate surface area is 155 Å². The molecule has 0 amide bonds. The third-order valence-corrected chi connectivity index (χ3v) is 7.72. The first-order chi connectivity index (χ1) is 12.0. The van der Waals surface area contributed by atoms with Gasteiger partial charge in [-0.3, -0.25) is 0 Å². The topological polar surface area (TPSA) is 51.0 Å². The minimum absolute atomic E-state index is 0.248. The van der Waals surface area contributed by atoms with E-state index in [2.05, 4.69) is 0 Å². The van der Waals surface area contributed by atoms with Crippen molar-refractivity contribution in [3.63, 3.8) is 0 Å². The SMILES string of the molecule is O=S(=O)(c1ccc(Cl)s1)N1CC[NH+](CCOc2ccccc2F)CC1. The number of piperazine rings is 1. The van der Waals surface area contributed by atoms with Gasteiger partial charge in [0.2, 0.25) is 0 Å². The Morgan fingerprint density at radius 2 is 1.92 bits per heavy atom. The van der Waals surface area contributed by atoms with Crippen molar-refractivity contribution in [2.24, 2.45) is 0 Å². The fourth-order valence-electron chi connectivity index (χ4n) is 2.72. The van der Waals surface area contributed by atoms with E-state index in [4.69, 9.17) is 16.3 Å². The molecule has 1 aliphatic heterocycles. The lowest BCUT2D eigenvalue weighted by atomic mass is 10.3. The summed E-state index contributed by atoms with van der Waals surface area (Å²) >= 11 is 6.91. The predicted molar refractivity (Wildman–Crippen MR) is 95.5 cm³/mol. The molecule has 0 saturated carbocycles. The standard InChI is InChI=1S/C16H18ClFN2O3S2/c17-15-5-6-16(24-15)25(21,22)20-9-7-19(8-10-20)11-12-23-14-4-2-1-3-13(14)18/h1-6H,7-12H2/p+1. The van der Waals surface area contributed by atoms with Gasteiger partial charge in [-0.25, -0.2) is 12.8 Å². The first-order valence-electron chi connectivity index (χ1n) is 7.93. The molecule has 2 heterocycles. The van der Waals surface area contributed by atoms with Gasteiger partial charge in [0.15, 0.2) is 11.6 Å². The van der Waals surface area contributed by atoms with E-state index in [9.17, 15) is 12.8 Å². The molecule has 25 heavy (non-hydrogen) atoms. The fraction of sp³-hybridized carbons (Fsp3) is 0.375. The maximum Gasteiger partial charge on any atom is 0.253 e. The van der Waals surface area contributed by atoms with Crippen molar-refractivity contribution in [2.45, 2.75) is 4.21 Å². The summed E-state index contributed by atoms with van der Waals surface area (Å²) in [4.78, 5) is 1.24. The minimum atomic E-state index is -3.46. The number of thiophene rings is 1. The lowest BCUT2D eigenvalue weighted by molar-refractivity contribution is -0.903. The second kappa shape index (κ2) is 8.01. The van der Waals surface area contributed by atoms with Crippen molar-refractivity contribution < 1.29 is 22.4 Å². The summed E-state index contributed by atoms with van der Waals surface area (Å²) in [6.45, 7) is 3.38. The average Bonchev–Trinajstić information content (AvgIpc) is 3.04. The van der Waals surface area contributed by atoms with Gasteiger partial charge in [-0.2, -0.15) is 4.31 Å². The van der Waals surface area contributed by atoms with Crippen LogP contribution in [0.4, 0.5) is 4.39 Å². The van der Waals surface area contributed by atoms with Gasteiger partial charge >= 0.3 is 0 Å². The molecule has 0 unspecified atom stereocenters. The lowest BCUT2D eigenvalue weighted by Gasteiger charge is -2.31. The predicted octanol–water partition coefficient (Wildman–Crippen LogP) is 1.51. The van der Waals surface area contributed by atoms with Crippen LogP contribution in [0, 0.1) is 5.82 Å². The van der Waals surface area contributed by atoms with Crippen LogP contribution >= 0.6 is 22.9 Å². The van der Waals surface area contributed by atoms with Gasteiger partial charge in [0.05, 0.1) is 30.5 Å². The zero-order valence-corrected chi connectivity index (χ0v) is 15.8. The van der Waals surface area contributed by atoms with Crippen LogP contribution in [0.5, 0.6) is 5.75 Å². The molecule has 5 nitrogen and oxygen atoms in total. The van der Waals surface area contributed by atoms with E-state index in [0.29, 0.717) is 43.7 Å². The van der Waals surface area contributed by atoms with E-state index in [1.807, 2.05) is 0 Å². The second-order valence-corrected chi connectivity index (χ2v) is 9.62. The van der Waals surface area contributed by atoms with Crippen LogP contribution in [0.25, 0.3) is 0 Å². The molecule has 0 aliphatic carbocycles. The molecule has 1 aromatic carbocycles. The van der Waals surface area contributed by atoms with Crippen LogP contribution in [0.1, 0.15) is 0 Å². The second-order valence-electron chi connectivity index (χ2n) is 5.74. The van der Waals surface area contributed by atoms with Gasteiger partial charge < -0.3 is 9.64 Å². The number of quaternary nitrogens is 1. The molecule has 1 aliphatic rings. The van der Waals surface area contributed by atoms with Crippen LogP contribution < -0.4 is 9.64 Å². The van der Waals surface area contributed by atoms with Crippen molar-refractivity contribution in [3.05, 3.63) is 46.6 Å². The molecule has 1 fully saturated rings. The average molecular weight is 406 g/mol. The molecule has 136 valence electrons. The number of rotatable bonds is 6. The number of hydrogen-bond acceptors (Lipinski definition) is 4. The third-order valence-electron chi connectivity index (χ3n) is 4.12. The molecule has 0 radical (unpaired) electrons. The summed E-state index contributed by atoms with van der Waals surface area (Å²) in [5, 5.41) is 0. The summed E-state index contributed by atoms with van der Waals surface area (Å²) in [5.74, 6) is -0.124. The monoisotopic (exact) mass is 405 g/mol. The van der Waals surface area contributed by atoms with Gasteiger partial charge in [0, 0.05) is 0 Å². The molecule has 3 rings (SSSR count). The van der Waals surface area contributed by atoms with Gasteiger partial charge in [0.25, 0.3) is 10.0 Å². The zero-order valence-electron chi connectivity index (χ0n) is 13.5. The number of nitrogens with one attached hydrogen (secondary N) is 1. The van der Waals surface area contributed by atoms with Gasteiger partial charge in [-0.05, 0) is 24.3 Å². The Hall–Kier alpha value is -1.19. The number of para-hydroxylation sites is 1. The molecule has 1 saturated heterocycles. The molecule has 0 bridgehead atoms. The number of benzene rings is 1. The summed E-state index contributed by atoms with van der Waals surface area (Å²) in [7, 11) is -3.46. The molecule has 2 aromatic rings. The number of ether oxygens (including phenoxy) is 1. The van der Waals surface area contributed by atoms with Crippen molar-refractivity contribution in [3.8, 4) is 5.75 Å². The van der Waals surface area contributed by atoms with E-state index >= 15 is 0 Å².